The second-order valence-electron chi connectivity index (χ2n) is 9.28. The van der Waals surface area contributed by atoms with Crippen molar-refractivity contribution >= 4 is 26.5 Å². The summed E-state index contributed by atoms with van der Waals surface area (Å²) in [5, 5.41) is 7.70. The van der Waals surface area contributed by atoms with Gasteiger partial charge in [0.2, 0.25) is 10.0 Å². The maximum atomic E-state index is 13.1. The van der Waals surface area contributed by atoms with Gasteiger partial charge in [-0.05, 0) is 69.3 Å². The van der Waals surface area contributed by atoms with Crippen LogP contribution < -0.4 is 15.4 Å². The van der Waals surface area contributed by atoms with E-state index < -0.39 is 10.0 Å². The summed E-state index contributed by atoms with van der Waals surface area (Å²) in [6.45, 7) is 6.51. The van der Waals surface area contributed by atoms with Crippen molar-refractivity contribution in [1.82, 2.24) is 15.0 Å². The molecule has 2 aromatic rings. The number of hydrogen-bond acceptors (Lipinski definition) is 6. The molecule has 176 valence electrons. The molecule has 2 fully saturated rings. The van der Waals surface area contributed by atoms with E-state index in [1.807, 2.05) is 32.0 Å². The number of aromatic nitrogens is 1. The van der Waals surface area contributed by atoms with Gasteiger partial charge in [0.05, 0.1) is 15.5 Å². The molecule has 8 heteroatoms. The Balaban J connectivity index is 1.46. The summed E-state index contributed by atoms with van der Waals surface area (Å²) in [6, 6.07) is 5.71. The monoisotopic (exact) mass is 476 g/mol. The number of rotatable bonds is 8. The van der Waals surface area contributed by atoms with Crippen LogP contribution in [0.5, 0.6) is 0 Å². The zero-order chi connectivity index (χ0) is 22.6. The van der Waals surface area contributed by atoms with Crippen LogP contribution in [0.4, 0.5) is 5.13 Å². The van der Waals surface area contributed by atoms with Crippen LogP contribution in [-0.4, -0.2) is 39.1 Å². The first kappa shape index (κ1) is 23.7. The van der Waals surface area contributed by atoms with Crippen molar-refractivity contribution in [1.29, 1.82) is 0 Å². The lowest BCUT2D eigenvalue weighted by atomic mass is 9.87. The topological polar surface area (TPSA) is 83.1 Å². The summed E-state index contributed by atoms with van der Waals surface area (Å²) in [5.41, 5.74) is 2.62. The number of hydrogen-bond donors (Lipinski definition) is 3. The van der Waals surface area contributed by atoms with Gasteiger partial charge in [-0.2, -0.15) is 0 Å². The van der Waals surface area contributed by atoms with E-state index in [2.05, 4.69) is 15.4 Å². The molecule has 32 heavy (non-hydrogen) atoms. The largest absolute Gasteiger partial charge is 0.361 e. The second kappa shape index (κ2) is 10.6. The third-order valence-electron chi connectivity index (χ3n) is 6.75. The highest BCUT2D eigenvalue weighted by atomic mass is 32.2. The van der Waals surface area contributed by atoms with Crippen LogP contribution in [0.2, 0.25) is 0 Å². The number of benzene rings is 1. The highest BCUT2D eigenvalue weighted by Gasteiger charge is 2.24. The summed E-state index contributed by atoms with van der Waals surface area (Å²) in [7, 11) is -3.56. The predicted octanol–water partition coefficient (Wildman–Crippen LogP) is 4.84. The molecule has 4 rings (SSSR count). The minimum atomic E-state index is -3.56. The molecule has 0 amide bonds. The van der Waals surface area contributed by atoms with Gasteiger partial charge >= 0.3 is 0 Å². The maximum absolute atomic E-state index is 13.1. The van der Waals surface area contributed by atoms with Crippen LogP contribution in [0.25, 0.3) is 10.4 Å². The van der Waals surface area contributed by atoms with Crippen molar-refractivity contribution in [2.45, 2.75) is 76.2 Å². The predicted molar refractivity (Wildman–Crippen MR) is 133 cm³/mol. The van der Waals surface area contributed by atoms with Crippen LogP contribution in [0, 0.1) is 19.8 Å². The fourth-order valence-electron chi connectivity index (χ4n) is 4.85. The van der Waals surface area contributed by atoms with Gasteiger partial charge in [-0.3, -0.25) is 0 Å². The molecule has 0 radical (unpaired) electrons. The van der Waals surface area contributed by atoms with Gasteiger partial charge in [0.25, 0.3) is 0 Å². The number of sulfonamides is 1. The lowest BCUT2D eigenvalue weighted by Crippen LogP contribution is -2.42. The van der Waals surface area contributed by atoms with Crippen molar-refractivity contribution < 1.29 is 8.42 Å². The number of aryl methyl sites for hydroxylation is 2. The van der Waals surface area contributed by atoms with Crippen LogP contribution in [0.3, 0.4) is 0 Å². The van der Waals surface area contributed by atoms with Gasteiger partial charge in [0.1, 0.15) is 0 Å². The Labute approximate surface area is 196 Å². The quantitative estimate of drug-likeness (QED) is 0.508. The molecule has 3 N–H and O–H groups in total. The van der Waals surface area contributed by atoms with E-state index in [1.165, 1.54) is 38.5 Å². The SMILES string of the molecule is Cc1ccc(-c2sc(NCCC3CCCCC3)nc2C)cc1S(=O)(=O)NC1CCNCC1. The summed E-state index contributed by atoms with van der Waals surface area (Å²) in [4.78, 5) is 6.11. The third kappa shape index (κ3) is 5.90. The van der Waals surface area contributed by atoms with Crippen molar-refractivity contribution in [3.8, 4) is 10.4 Å². The van der Waals surface area contributed by atoms with E-state index in [9.17, 15) is 8.42 Å². The van der Waals surface area contributed by atoms with E-state index in [1.54, 1.807) is 11.3 Å². The van der Waals surface area contributed by atoms with E-state index in [0.717, 1.165) is 65.2 Å². The highest BCUT2D eigenvalue weighted by Crippen LogP contribution is 2.35. The summed E-state index contributed by atoms with van der Waals surface area (Å²) in [6.07, 6.45) is 9.69. The standard InChI is InChI=1S/C24H36N4O2S2/c1-17-8-9-20(16-22(17)32(29,30)28-21-11-13-25-14-12-21)23-18(2)27-24(31-23)26-15-10-19-6-4-3-5-7-19/h8-9,16,19,21,25,28H,3-7,10-15H2,1-2H3,(H,26,27). The van der Waals surface area contributed by atoms with E-state index >= 15 is 0 Å². The normalized spacial score (nSPS) is 18.7. The summed E-state index contributed by atoms with van der Waals surface area (Å²) >= 11 is 1.61. The molecule has 0 bridgehead atoms. The molecule has 1 aromatic carbocycles. The Hall–Kier alpha value is -1.48. The first-order chi connectivity index (χ1) is 15.4. The molecular weight excluding hydrogens is 440 g/mol. The van der Waals surface area contributed by atoms with Gasteiger partial charge in [0, 0.05) is 12.6 Å². The highest BCUT2D eigenvalue weighted by molar-refractivity contribution is 7.89. The Morgan fingerprint density at radius 1 is 1.09 bits per heavy atom. The molecule has 0 unspecified atom stereocenters. The maximum Gasteiger partial charge on any atom is 0.241 e. The van der Waals surface area contributed by atoms with Crippen LogP contribution >= 0.6 is 11.3 Å². The van der Waals surface area contributed by atoms with Crippen LogP contribution in [0.1, 0.15) is 62.6 Å². The minimum absolute atomic E-state index is 0.00517. The molecule has 1 aliphatic heterocycles. The number of nitrogens with one attached hydrogen (secondary N) is 3. The van der Waals surface area contributed by atoms with Crippen LogP contribution in [0.15, 0.2) is 23.1 Å². The minimum Gasteiger partial charge on any atom is -0.361 e. The molecule has 6 nitrogen and oxygen atoms in total. The first-order valence-electron chi connectivity index (χ1n) is 12.0. The summed E-state index contributed by atoms with van der Waals surface area (Å²) < 4.78 is 29.2. The van der Waals surface area contributed by atoms with Crippen molar-refractivity contribution in [2.75, 3.05) is 25.0 Å². The molecule has 1 aliphatic carbocycles. The Morgan fingerprint density at radius 2 is 1.84 bits per heavy atom. The van der Waals surface area contributed by atoms with Gasteiger partial charge in [0.15, 0.2) is 5.13 Å². The average molecular weight is 477 g/mol. The molecular formula is C24H36N4O2S2. The Kier molecular flexibility index (Phi) is 7.87. The average Bonchev–Trinajstić information content (AvgIpc) is 3.15. The molecule has 1 saturated heterocycles. The molecule has 0 atom stereocenters. The molecule has 1 aromatic heterocycles. The van der Waals surface area contributed by atoms with E-state index in [0.29, 0.717) is 4.90 Å². The lowest BCUT2D eigenvalue weighted by molar-refractivity contribution is 0.345. The lowest BCUT2D eigenvalue weighted by Gasteiger charge is -2.24. The molecule has 2 aliphatic rings. The fraction of sp³-hybridized carbons (Fsp3) is 0.625. The number of piperidine rings is 1. The second-order valence-corrected chi connectivity index (χ2v) is 12.0. The van der Waals surface area contributed by atoms with Gasteiger partial charge < -0.3 is 10.6 Å². The van der Waals surface area contributed by atoms with Gasteiger partial charge in [-0.25, -0.2) is 18.1 Å². The van der Waals surface area contributed by atoms with Crippen molar-refractivity contribution in [3.63, 3.8) is 0 Å². The number of nitrogens with zero attached hydrogens (tertiary/aromatic N) is 1. The first-order valence-corrected chi connectivity index (χ1v) is 14.3. The fourth-order valence-corrected chi connectivity index (χ4v) is 7.42. The Bertz CT molecular complexity index is 1010. The Morgan fingerprint density at radius 3 is 2.59 bits per heavy atom. The van der Waals surface area contributed by atoms with Crippen molar-refractivity contribution in [2.24, 2.45) is 5.92 Å². The number of anilines is 1. The molecule has 1 saturated carbocycles. The van der Waals surface area contributed by atoms with Crippen LogP contribution in [-0.2, 0) is 10.0 Å². The van der Waals surface area contributed by atoms with Gasteiger partial charge in [-0.1, -0.05) is 55.6 Å². The summed E-state index contributed by atoms with van der Waals surface area (Å²) in [5.74, 6) is 0.842. The zero-order valence-electron chi connectivity index (χ0n) is 19.2. The van der Waals surface area contributed by atoms with E-state index in [4.69, 9.17) is 4.98 Å². The van der Waals surface area contributed by atoms with Gasteiger partial charge in [-0.15, -0.1) is 0 Å². The number of thiazole rings is 1. The smallest absolute Gasteiger partial charge is 0.241 e. The molecule has 2 heterocycles. The van der Waals surface area contributed by atoms with E-state index in [-0.39, 0.29) is 6.04 Å². The zero-order valence-corrected chi connectivity index (χ0v) is 20.9. The molecule has 0 spiro atoms. The third-order valence-corrected chi connectivity index (χ3v) is 9.58. The van der Waals surface area contributed by atoms with Crippen molar-refractivity contribution in [3.05, 3.63) is 29.5 Å².